The number of nitrogens with two attached hydrogens (primary N) is 1. The Hall–Kier alpha value is -0.160. The summed E-state index contributed by atoms with van der Waals surface area (Å²) in [7, 11) is 0. The lowest BCUT2D eigenvalue weighted by atomic mass is 10.1. The molecule has 0 aromatic heterocycles. The lowest BCUT2D eigenvalue weighted by Gasteiger charge is -2.34. The van der Waals surface area contributed by atoms with Crippen molar-refractivity contribution in [3.05, 3.63) is 0 Å². The molecule has 1 saturated heterocycles. The topological polar surface area (TPSA) is 47.7 Å². The van der Waals surface area contributed by atoms with Crippen molar-refractivity contribution in [3.63, 3.8) is 0 Å². The van der Waals surface area contributed by atoms with E-state index < -0.39 is 0 Å². The molecular formula is C10H22N2O2. The first-order valence-corrected chi connectivity index (χ1v) is 5.45. The van der Waals surface area contributed by atoms with Crippen LogP contribution in [0.2, 0.25) is 0 Å². The maximum atomic E-state index is 5.97. The first-order chi connectivity index (χ1) is 6.77. The van der Waals surface area contributed by atoms with Crippen LogP contribution in [0, 0.1) is 0 Å². The Bertz CT molecular complexity index is 155. The van der Waals surface area contributed by atoms with E-state index in [-0.39, 0.29) is 12.1 Å². The first-order valence-electron chi connectivity index (χ1n) is 5.45. The van der Waals surface area contributed by atoms with Crippen molar-refractivity contribution in [2.24, 2.45) is 5.73 Å². The predicted molar refractivity (Wildman–Crippen MR) is 56.3 cm³/mol. The van der Waals surface area contributed by atoms with E-state index >= 15 is 0 Å². The number of rotatable bonds is 5. The molecule has 84 valence electrons. The summed E-state index contributed by atoms with van der Waals surface area (Å²) >= 11 is 0. The van der Waals surface area contributed by atoms with E-state index in [1.165, 1.54) is 0 Å². The summed E-state index contributed by atoms with van der Waals surface area (Å²) in [6, 6.07) is 0.00398. The Labute approximate surface area is 86.3 Å². The van der Waals surface area contributed by atoms with Crippen LogP contribution >= 0.6 is 0 Å². The normalized spacial score (nSPS) is 26.4. The molecule has 4 nitrogen and oxygen atoms in total. The molecule has 0 saturated carbocycles. The highest BCUT2D eigenvalue weighted by Crippen LogP contribution is 2.07. The van der Waals surface area contributed by atoms with Crippen LogP contribution in [0.25, 0.3) is 0 Å². The molecule has 2 N–H and O–H groups in total. The first kappa shape index (κ1) is 11.9. The fourth-order valence-electron chi connectivity index (χ4n) is 1.64. The van der Waals surface area contributed by atoms with E-state index in [2.05, 4.69) is 11.8 Å². The van der Waals surface area contributed by atoms with Crippen molar-refractivity contribution in [2.75, 3.05) is 39.5 Å². The smallest absolute Gasteiger partial charge is 0.0875 e. The minimum Gasteiger partial charge on any atom is -0.380 e. The van der Waals surface area contributed by atoms with Gasteiger partial charge in [-0.15, -0.1) is 0 Å². The molecule has 0 spiro atoms. The largest absolute Gasteiger partial charge is 0.380 e. The zero-order chi connectivity index (χ0) is 10.4. The molecule has 1 fully saturated rings. The molecule has 2 atom stereocenters. The quantitative estimate of drug-likeness (QED) is 0.685. The fourth-order valence-corrected chi connectivity index (χ4v) is 1.64. The SMILES string of the molecule is CCOCC(N)C1CN(CC)CCO1. The minimum atomic E-state index is 0.00398. The van der Waals surface area contributed by atoms with Gasteiger partial charge in [0.15, 0.2) is 0 Å². The van der Waals surface area contributed by atoms with Crippen LogP contribution < -0.4 is 5.73 Å². The third-order valence-corrected chi connectivity index (χ3v) is 2.62. The summed E-state index contributed by atoms with van der Waals surface area (Å²) in [6.45, 7) is 9.28. The summed E-state index contributed by atoms with van der Waals surface area (Å²) < 4.78 is 10.9. The van der Waals surface area contributed by atoms with Crippen LogP contribution in [-0.2, 0) is 9.47 Å². The van der Waals surface area contributed by atoms with E-state index in [4.69, 9.17) is 15.2 Å². The van der Waals surface area contributed by atoms with Gasteiger partial charge in [0.1, 0.15) is 0 Å². The van der Waals surface area contributed by atoms with Crippen molar-refractivity contribution >= 4 is 0 Å². The van der Waals surface area contributed by atoms with Gasteiger partial charge < -0.3 is 15.2 Å². The van der Waals surface area contributed by atoms with E-state index in [9.17, 15) is 0 Å². The zero-order valence-electron chi connectivity index (χ0n) is 9.24. The van der Waals surface area contributed by atoms with Gasteiger partial charge in [0.05, 0.1) is 25.4 Å². The van der Waals surface area contributed by atoms with Gasteiger partial charge in [-0.05, 0) is 13.5 Å². The second kappa shape index (κ2) is 6.35. The van der Waals surface area contributed by atoms with Crippen molar-refractivity contribution in [1.29, 1.82) is 0 Å². The van der Waals surface area contributed by atoms with Crippen LogP contribution in [0.15, 0.2) is 0 Å². The van der Waals surface area contributed by atoms with Crippen molar-refractivity contribution in [1.82, 2.24) is 4.90 Å². The lowest BCUT2D eigenvalue weighted by Crippen LogP contribution is -2.52. The van der Waals surface area contributed by atoms with Gasteiger partial charge >= 0.3 is 0 Å². The number of morpholine rings is 1. The summed E-state index contributed by atoms with van der Waals surface area (Å²) in [5.41, 5.74) is 5.97. The molecule has 0 aliphatic carbocycles. The number of nitrogens with zero attached hydrogens (tertiary/aromatic N) is 1. The second-order valence-corrected chi connectivity index (χ2v) is 3.63. The van der Waals surface area contributed by atoms with E-state index in [1.54, 1.807) is 0 Å². The average Bonchev–Trinajstić information content (AvgIpc) is 2.26. The van der Waals surface area contributed by atoms with Gasteiger partial charge in [0, 0.05) is 19.7 Å². The fraction of sp³-hybridized carbons (Fsp3) is 1.00. The summed E-state index contributed by atoms with van der Waals surface area (Å²) in [5, 5.41) is 0. The zero-order valence-corrected chi connectivity index (χ0v) is 9.24. The molecule has 0 aromatic rings. The molecular weight excluding hydrogens is 180 g/mol. The average molecular weight is 202 g/mol. The molecule has 2 unspecified atom stereocenters. The molecule has 1 rings (SSSR count). The third-order valence-electron chi connectivity index (χ3n) is 2.62. The van der Waals surface area contributed by atoms with Crippen LogP contribution in [0.1, 0.15) is 13.8 Å². The van der Waals surface area contributed by atoms with Gasteiger partial charge in [-0.2, -0.15) is 0 Å². The third kappa shape index (κ3) is 3.53. The highest BCUT2D eigenvalue weighted by atomic mass is 16.5. The molecule has 1 aliphatic heterocycles. The van der Waals surface area contributed by atoms with E-state index in [1.807, 2.05) is 6.92 Å². The maximum absolute atomic E-state index is 5.97. The van der Waals surface area contributed by atoms with Gasteiger partial charge in [0.2, 0.25) is 0 Å². The van der Waals surface area contributed by atoms with Crippen LogP contribution in [0.4, 0.5) is 0 Å². The van der Waals surface area contributed by atoms with Crippen LogP contribution in [-0.4, -0.2) is 56.5 Å². The Balaban J connectivity index is 2.27. The van der Waals surface area contributed by atoms with Crippen LogP contribution in [0.5, 0.6) is 0 Å². The van der Waals surface area contributed by atoms with Crippen LogP contribution in [0.3, 0.4) is 0 Å². The number of ether oxygens (including phenoxy) is 2. The highest BCUT2D eigenvalue weighted by molar-refractivity contribution is 4.79. The Morgan fingerprint density at radius 3 is 3.00 bits per heavy atom. The van der Waals surface area contributed by atoms with Gasteiger partial charge in [-0.25, -0.2) is 0 Å². The molecule has 14 heavy (non-hydrogen) atoms. The Kier molecular flexibility index (Phi) is 5.40. The number of likely N-dealkylation sites (N-methyl/N-ethyl adjacent to an activating group) is 1. The van der Waals surface area contributed by atoms with Crippen molar-refractivity contribution in [2.45, 2.75) is 26.0 Å². The summed E-state index contributed by atoms with van der Waals surface area (Å²) in [6.07, 6.45) is 0.134. The number of hydrogen-bond donors (Lipinski definition) is 1. The molecule has 1 heterocycles. The standard InChI is InChI=1S/C10H22N2O2/c1-3-12-5-6-14-10(7-12)9(11)8-13-4-2/h9-10H,3-8,11H2,1-2H3. The van der Waals surface area contributed by atoms with Crippen molar-refractivity contribution < 1.29 is 9.47 Å². The highest BCUT2D eigenvalue weighted by Gasteiger charge is 2.24. The molecule has 0 aromatic carbocycles. The molecule has 0 bridgehead atoms. The second-order valence-electron chi connectivity index (χ2n) is 3.63. The molecule has 0 radical (unpaired) electrons. The monoisotopic (exact) mass is 202 g/mol. The van der Waals surface area contributed by atoms with Gasteiger partial charge in [0.25, 0.3) is 0 Å². The molecule has 1 aliphatic rings. The minimum absolute atomic E-state index is 0.00398. The lowest BCUT2D eigenvalue weighted by molar-refractivity contribution is -0.0519. The van der Waals surface area contributed by atoms with Gasteiger partial charge in [-0.1, -0.05) is 6.92 Å². The Morgan fingerprint density at radius 1 is 1.57 bits per heavy atom. The Morgan fingerprint density at radius 2 is 2.36 bits per heavy atom. The van der Waals surface area contributed by atoms with Crippen molar-refractivity contribution in [3.8, 4) is 0 Å². The molecule has 4 heteroatoms. The maximum Gasteiger partial charge on any atom is 0.0875 e. The number of hydrogen-bond acceptors (Lipinski definition) is 4. The molecule has 0 amide bonds. The van der Waals surface area contributed by atoms with E-state index in [0.717, 1.165) is 32.8 Å². The summed E-state index contributed by atoms with van der Waals surface area (Å²) in [4.78, 5) is 2.36. The van der Waals surface area contributed by atoms with E-state index in [0.29, 0.717) is 6.61 Å². The predicted octanol–water partition coefficient (Wildman–Crippen LogP) is 0.0709. The summed E-state index contributed by atoms with van der Waals surface area (Å²) in [5.74, 6) is 0. The van der Waals surface area contributed by atoms with Gasteiger partial charge in [-0.3, -0.25) is 4.90 Å².